The molecule has 1 aliphatic heterocycles. The van der Waals surface area contributed by atoms with Gasteiger partial charge in [0, 0.05) is 6.20 Å². The van der Waals surface area contributed by atoms with Gasteiger partial charge in [-0.15, -0.1) is 0 Å². The van der Waals surface area contributed by atoms with Crippen molar-refractivity contribution < 1.29 is 9.57 Å². The average molecular weight is 287 g/mol. The molecule has 21 heavy (non-hydrogen) atoms. The van der Waals surface area contributed by atoms with E-state index in [-0.39, 0.29) is 6.04 Å². The molecule has 7 nitrogen and oxygen atoms in total. The highest BCUT2D eigenvalue weighted by Gasteiger charge is 2.16. The molecule has 1 N–H and O–H groups in total. The number of ether oxygens (including phenoxy) is 1. The second kappa shape index (κ2) is 5.53. The molecule has 0 fully saturated rings. The van der Waals surface area contributed by atoms with Gasteiger partial charge in [-0.1, -0.05) is 0 Å². The van der Waals surface area contributed by atoms with E-state index in [1.54, 1.807) is 13.4 Å². The van der Waals surface area contributed by atoms with Gasteiger partial charge in [-0.3, -0.25) is 9.83 Å². The Morgan fingerprint density at radius 3 is 2.95 bits per heavy atom. The van der Waals surface area contributed by atoms with Crippen molar-refractivity contribution in [2.24, 2.45) is 4.99 Å². The maximum atomic E-state index is 5.38. The molecular weight excluding hydrogens is 270 g/mol. The molecule has 2 aromatic rings. The van der Waals surface area contributed by atoms with Crippen LogP contribution in [-0.2, 0) is 4.84 Å². The van der Waals surface area contributed by atoms with Crippen LogP contribution in [0.15, 0.2) is 29.6 Å². The summed E-state index contributed by atoms with van der Waals surface area (Å²) >= 11 is 0. The van der Waals surface area contributed by atoms with Crippen molar-refractivity contribution in [2.45, 2.75) is 19.9 Å². The fourth-order valence-corrected chi connectivity index (χ4v) is 2.10. The summed E-state index contributed by atoms with van der Waals surface area (Å²) in [6, 6.07) is 3.90. The molecule has 0 aromatic carbocycles. The summed E-state index contributed by atoms with van der Waals surface area (Å²) in [5, 5.41) is 0. The summed E-state index contributed by atoms with van der Waals surface area (Å²) < 4.78 is 7.26. The molecule has 0 bridgehead atoms. The third-order valence-corrected chi connectivity index (χ3v) is 3.11. The molecule has 0 aliphatic carbocycles. The van der Waals surface area contributed by atoms with Crippen LogP contribution in [0.4, 0.5) is 0 Å². The Labute approximate surface area is 122 Å². The maximum Gasteiger partial charge on any atom is 0.238 e. The number of pyridine rings is 1. The van der Waals surface area contributed by atoms with Gasteiger partial charge in [0.25, 0.3) is 0 Å². The van der Waals surface area contributed by atoms with Gasteiger partial charge < -0.3 is 9.30 Å². The molecule has 1 unspecified atom stereocenters. The van der Waals surface area contributed by atoms with Crippen LogP contribution >= 0.6 is 0 Å². The molecule has 7 heteroatoms. The lowest BCUT2D eigenvalue weighted by Gasteiger charge is -2.19. The molecule has 0 amide bonds. The Hall–Kier alpha value is -2.41. The van der Waals surface area contributed by atoms with Crippen molar-refractivity contribution in [3.8, 4) is 11.6 Å². The SMILES string of the molecule is COc1nc(C2=NC(C)CON2)ccc1-n1cnc(C)c1. The number of hydrogen-bond donors (Lipinski definition) is 1. The zero-order chi connectivity index (χ0) is 14.8. The number of rotatable bonds is 3. The molecule has 1 aliphatic rings. The third kappa shape index (κ3) is 2.73. The molecule has 0 spiro atoms. The van der Waals surface area contributed by atoms with E-state index < -0.39 is 0 Å². The van der Waals surface area contributed by atoms with Gasteiger partial charge >= 0.3 is 0 Å². The quantitative estimate of drug-likeness (QED) is 0.920. The zero-order valence-electron chi connectivity index (χ0n) is 12.2. The van der Waals surface area contributed by atoms with Crippen molar-refractivity contribution in [1.82, 2.24) is 20.0 Å². The normalized spacial score (nSPS) is 18.0. The van der Waals surface area contributed by atoms with Crippen molar-refractivity contribution in [3.63, 3.8) is 0 Å². The van der Waals surface area contributed by atoms with Crippen LogP contribution in [0.2, 0.25) is 0 Å². The Morgan fingerprint density at radius 1 is 1.43 bits per heavy atom. The fraction of sp³-hybridized carbons (Fsp3) is 0.357. The minimum absolute atomic E-state index is 0.102. The average Bonchev–Trinajstić information content (AvgIpc) is 2.93. The number of hydroxylamine groups is 1. The summed E-state index contributed by atoms with van der Waals surface area (Å²) in [4.78, 5) is 18.4. The largest absolute Gasteiger partial charge is 0.479 e. The third-order valence-electron chi connectivity index (χ3n) is 3.11. The predicted molar refractivity (Wildman–Crippen MR) is 77.7 cm³/mol. The van der Waals surface area contributed by atoms with Crippen molar-refractivity contribution in [1.29, 1.82) is 0 Å². The van der Waals surface area contributed by atoms with E-state index in [4.69, 9.17) is 9.57 Å². The highest BCUT2D eigenvalue weighted by molar-refractivity contribution is 5.97. The molecule has 2 aromatic heterocycles. The van der Waals surface area contributed by atoms with Crippen molar-refractivity contribution >= 4 is 5.84 Å². The first-order chi connectivity index (χ1) is 10.2. The topological polar surface area (TPSA) is 73.6 Å². The number of aromatic nitrogens is 3. The Bertz CT molecular complexity index is 680. The molecule has 3 rings (SSSR count). The van der Waals surface area contributed by atoms with Gasteiger partial charge in [-0.25, -0.2) is 15.4 Å². The number of hydrogen-bond acceptors (Lipinski definition) is 6. The molecule has 0 saturated carbocycles. The van der Waals surface area contributed by atoms with Crippen LogP contribution < -0.4 is 10.2 Å². The second-order valence-electron chi connectivity index (χ2n) is 4.89. The van der Waals surface area contributed by atoms with Gasteiger partial charge in [0.2, 0.25) is 5.88 Å². The summed E-state index contributed by atoms with van der Waals surface area (Å²) in [6.07, 6.45) is 3.65. The Morgan fingerprint density at radius 2 is 2.29 bits per heavy atom. The number of nitrogens with zero attached hydrogens (tertiary/aromatic N) is 4. The molecule has 110 valence electrons. The van der Waals surface area contributed by atoms with Gasteiger partial charge in [0.15, 0.2) is 5.84 Å². The number of aliphatic imine (C=N–C) groups is 1. The first-order valence-corrected chi connectivity index (χ1v) is 6.69. The number of nitrogens with one attached hydrogen (secondary N) is 1. The van der Waals surface area contributed by atoms with Gasteiger partial charge in [0.05, 0.1) is 31.8 Å². The Balaban J connectivity index is 1.99. The highest BCUT2D eigenvalue weighted by Crippen LogP contribution is 2.21. The van der Waals surface area contributed by atoms with E-state index >= 15 is 0 Å². The molecule has 0 radical (unpaired) electrons. The van der Waals surface area contributed by atoms with Crippen LogP contribution in [0, 0.1) is 6.92 Å². The lowest BCUT2D eigenvalue weighted by atomic mass is 10.2. The number of methoxy groups -OCH3 is 1. The zero-order valence-corrected chi connectivity index (χ0v) is 12.2. The van der Waals surface area contributed by atoms with Gasteiger partial charge in [-0.05, 0) is 26.0 Å². The van der Waals surface area contributed by atoms with Crippen LogP contribution in [0.25, 0.3) is 5.69 Å². The molecule has 1 atom stereocenters. The minimum atomic E-state index is 0.102. The van der Waals surface area contributed by atoms with Crippen LogP contribution in [0.3, 0.4) is 0 Å². The monoisotopic (exact) mass is 287 g/mol. The van der Waals surface area contributed by atoms with Gasteiger partial charge in [-0.2, -0.15) is 0 Å². The summed E-state index contributed by atoms with van der Waals surface area (Å²) in [7, 11) is 1.59. The van der Waals surface area contributed by atoms with E-state index in [1.165, 1.54) is 0 Å². The number of aryl methyl sites for hydroxylation is 1. The van der Waals surface area contributed by atoms with E-state index in [0.29, 0.717) is 24.0 Å². The first kappa shape index (κ1) is 13.6. The summed E-state index contributed by atoms with van der Waals surface area (Å²) in [5.74, 6) is 1.12. The molecule has 0 saturated heterocycles. The van der Waals surface area contributed by atoms with Crippen LogP contribution in [0.1, 0.15) is 18.3 Å². The van der Waals surface area contributed by atoms with Crippen LogP contribution in [0.5, 0.6) is 5.88 Å². The molecule has 3 heterocycles. The standard InChI is InChI=1S/C14H17N5O2/c1-9-6-19(8-15-9)12-5-4-11(17-14(12)20-3)13-16-10(2)7-21-18-13/h4-6,8,10H,7H2,1-3H3,(H,16,18). The number of amidine groups is 1. The van der Waals surface area contributed by atoms with E-state index in [1.807, 2.05) is 36.7 Å². The fourth-order valence-electron chi connectivity index (χ4n) is 2.10. The highest BCUT2D eigenvalue weighted by atomic mass is 16.6. The number of imidazole rings is 1. The Kier molecular flexibility index (Phi) is 3.57. The summed E-state index contributed by atoms with van der Waals surface area (Å²) in [6.45, 7) is 4.47. The first-order valence-electron chi connectivity index (χ1n) is 6.69. The van der Waals surface area contributed by atoms with E-state index in [0.717, 1.165) is 11.4 Å². The predicted octanol–water partition coefficient (Wildman–Crippen LogP) is 1.25. The summed E-state index contributed by atoms with van der Waals surface area (Å²) in [5.41, 5.74) is 5.23. The lowest BCUT2D eigenvalue weighted by Crippen LogP contribution is -2.35. The van der Waals surface area contributed by atoms with E-state index in [2.05, 4.69) is 20.4 Å². The lowest BCUT2D eigenvalue weighted by molar-refractivity contribution is 0.0656. The van der Waals surface area contributed by atoms with Crippen molar-refractivity contribution in [2.75, 3.05) is 13.7 Å². The smallest absolute Gasteiger partial charge is 0.238 e. The van der Waals surface area contributed by atoms with Crippen LogP contribution in [-0.4, -0.2) is 40.1 Å². The minimum Gasteiger partial charge on any atom is -0.479 e. The van der Waals surface area contributed by atoms with Gasteiger partial charge in [0.1, 0.15) is 11.4 Å². The second-order valence-corrected chi connectivity index (χ2v) is 4.89. The maximum absolute atomic E-state index is 5.38. The molecular formula is C14H17N5O2. The van der Waals surface area contributed by atoms with Crippen molar-refractivity contribution in [3.05, 3.63) is 36.0 Å². The van der Waals surface area contributed by atoms with E-state index in [9.17, 15) is 0 Å².